The first-order valence-electron chi connectivity index (χ1n) is 5.31. The standard InChI is InChI=1S/C13H10O6/c1-17-12(15)7-3-4-10-8(5-7)9(13(16)18-2)6-11(14)19-10/h3-6H,1-2H3. The predicted octanol–water partition coefficient (Wildman–Crippen LogP) is 1.37. The lowest BCUT2D eigenvalue weighted by Crippen LogP contribution is -2.09. The molecule has 0 unspecified atom stereocenters. The number of ether oxygens (including phenoxy) is 2. The van der Waals surface area contributed by atoms with E-state index >= 15 is 0 Å². The maximum Gasteiger partial charge on any atom is 0.338 e. The highest BCUT2D eigenvalue weighted by Gasteiger charge is 2.15. The van der Waals surface area contributed by atoms with Gasteiger partial charge in [-0.3, -0.25) is 0 Å². The number of hydrogen-bond acceptors (Lipinski definition) is 6. The summed E-state index contributed by atoms with van der Waals surface area (Å²) in [5, 5.41) is 0.314. The molecule has 6 nitrogen and oxygen atoms in total. The zero-order chi connectivity index (χ0) is 14.0. The van der Waals surface area contributed by atoms with Crippen molar-refractivity contribution in [3.8, 4) is 0 Å². The Labute approximate surface area is 107 Å². The molecule has 1 aromatic carbocycles. The van der Waals surface area contributed by atoms with E-state index in [1.807, 2.05) is 0 Å². The fraction of sp³-hybridized carbons (Fsp3) is 0.154. The number of methoxy groups -OCH3 is 2. The molecule has 0 aliphatic rings. The van der Waals surface area contributed by atoms with Gasteiger partial charge in [0.2, 0.25) is 0 Å². The van der Waals surface area contributed by atoms with Gasteiger partial charge in [-0.25, -0.2) is 14.4 Å². The van der Waals surface area contributed by atoms with E-state index in [-0.39, 0.29) is 16.7 Å². The van der Waals surface area contributed by atoms with Gasteiger partial charge in [0.1, 0.15) is 5.58 Å². The predicted molar refractivity (Wildman–Crippen MR) is 65.2 cm³/mol. The topological polar surface area (TPSA) is 82.8 Å². The van der Waals surface area contributed by atoms with E-state index in [1.165, 1.54) is 32.4 Å². The zero-order valence-corrected chi connectivity index (χ0v) is 10.3. The van der Waals surface area contributed by atoms with Crippen LogP contribution in [0.4, 0.5) is 0 Å². The molecular weight excluding hydrogens is 252 g/mol. The second-order valence-corrected chi connectivity index (χ2v) is 3.67. The summed E-state index contributed by atoms with van der Waals surface area (Å²) in [7, 11) is 2.45. The number of benzene rings is 1. The normalized spacial score (nSPS) is 10.2. The Morgan fingerprint density at radius 1 is 1.05 bits per heavy atom. The van der Waals surface area contributed by atoms with Crippen LogP contribution in [0.15, 0.2) is 33.5 Å². The zero-order valence-electron chi connectivity index (χ0n) is 10.3. The van der Waals surface area contributed by atoms with E-state index in [9.17, 15) is 14.4 Å². The van der Waals surface area contributed by atoms with Gasteiger partial charge in [0.15, 0.2) is 0 Å². The number of carbonyl (C=O) groups excluding carboxylic acids is 2. The van der Waals surface area contributed by atoms with Gasteiger partial charge in [-0.15, -0.1) is 0 Å². The molecule has 98 valence electrons. The molecule has 0 N–H and O–H groups in total. The number of esters is 2. The molecule has 0 amide bonds. The smallest absolute Gasteiger partial charge is 0.338 e. The Morgan fingerprint density at radius 3 is 2.37 bits per heavy atom. The Hall–Kier alpha value is -2.63. The van der Waals surface area contributed by atoms with E-state index in [1.54, 1.807) is 0 Å². The van der Waals surface area contributed by atoms with Gasteiger partial charge in [0.05, 0.1) is 25.3 Å². The summed E-state index contributed by atoms with van der Waals surface area (Å²) in [5.41, 5.74) is -0.187. The minimum atomic E-state index is -0.681. The van der Waals surface area contributed by atoms with Crippen LogP contribution in [0.5, 0.6) is 0 Å². The van der Waals surface area contributed by atoms with E-state index in [0.717, 1.165) is 6.07 Å². The molecule has 0 aliphatic heterocycles. The third kappa shape index (κ3) is 2.33. The number of hydrogen-bond donors (Lipinski definition) is 0. The van der Waals surface area contributed by atoms with Crippen molar-refractivity contribution in [3.05, 3.63) is 45.8 Å². The van der Waals surface area contributed by atoms with Crippen LogP contribution in [0.2, 0.25) is 0 Å². The molecule has 0 aliphatic carbocycles. The van der Waals surface area contributed by atoms with Gasteiger partial charge in [-0.2, -0.15) is 0 Å². The summed E-state index contributed by atoms with van der Waals surface area (Å²) in [6.45, 7) is 0. The first kappa shape index (κ1) is 12.8. The molecule has 0 spiro atoms. The van der Waals surface area contributed by atoms with Gasteiger partial charge in [-0.1, -0.05) is 0 Å². The van der Waals surface area contributed by atoms with Crippen LogP contribution in [0.25, 0.3) is 11.0 Å². The molecule has 0 fully saturated rings. The minimum Gasteiger partial charge on any atom is -0.465 e. The van der Waals surface area contributed by atoms with E-state index in [2.05, 4.69) is 9.47 Å². The number of carbonyl (C=O) groups is 2. The van der Waals surface area contributed by atoms with Gasteiger partial charge < -0.3 is 13.9 Å². The number of fused-ring (bicyclic) bond motifs is 1. The van der Waals surface area contributed by atoms with Gasteiger partial charge in [0, 0.05) is 11.5 Å². The van der Waals surface area contributed by atoms with Crippen molar-refractivity contribution < 1.29 is 23.5 Å². The van der Waals surface area contributed by atoms with Crippen LogP contribution in [0, 0.1) is 0 Å². The van der Waals surface area contributed by atoms with Crippen LogP contribution in [0.3, 0.4) is 0 Å². The van der Waals surface area contributed by atoms with Crippen LogP contribution in [-0.2, 0) is 9.47 Å². The van der Waals surface area contributed by atoms with Crippen molar-refractivity contribution in [1.82, 2.24) is 0 Å². The summed E-state index contributed by atoms with van der Waals surface area (Å²) in [4.78, 5) is 34.4. The first-order valence-corrected chi connectivity index (χ1v) is 5.31. The highest BCUT2D eigenvalue weighted by Crippen LogP contribution is 2.20. The molecular formula is C13H10O6. The van der Waals surface area contributed by atoms with Crippen LogP contribution < -0.4 is 5.63 Å². The highest BCUT2D eigenvalue weighted by atomic mass is 16.5. The van der Waals surface area contributed by atoms with Gasteiger partial charge in [-0.05, 0) is 18.2 Å². The summed E-state index contributed by atoms with van der Waals surface area (Å²) in [6.07, 6.45) is 0. The Balaban J connectivity index is 2.75. The minimum absolute atomic E-state index is 0.0412. The largest absolute Gasteiger partial charge is 0.465 e. The van der Waals surface area contributed by atoms with Gasteiger partial charge >= 0.3 is 17.6 Å². The van der Waals surface area contributed by atoms with Gasteiger partial charge in [0.25, 0.3) is 0 Å². The molecule has 1 heterocycles. The van der Waals surface area contributed by atoms with Crippen molar-refractivity contribution in [2.75, 3.05) is 14.2 Å². The average Bonchev–Trinajstić information content (AvgIpc) is 2.44. The maximum atomic E-state index is 11.6. The molecule has 2 rings (SSSR count). The third-order valence-electron chi connectivity index (χ3n) is 2.57. The first-order chi connectivity index (χ1) is 9.06. The van der Waals surface area contributed by atoms with Crippen molar-refractivity contribution in [2.24, 2.45) is 0 Å². The van der Waals surface area contributed by atoms with Crippen molar-refractivity contribution in [1.29, 1.82) is 0 Å². The second-order valence-electron chi connectivity index (χ2n) is 3.67. The molecule has 19 heavy (non-hydrogen) atoms. The summed E-state index contributed by atoms with van der Waals surface area (Å²) in [6, 6.07) is 5.30. The molecule has 6 heteroatoms. The fourth-order valence-corrected chi connectivity index (χ4v) is 1.69. The highest BCUT2D eigenvalue weighted by molar-refractivity contribution is 6.04. The monoisotopic (exact) mass is 262 g/mol. The molecule has 0 saturated carbocycles. The quantitative estimate of drug-likeness (QED) is 0.600. The van der Waals surface area contributed by atoms with Crippen molar-refractivity contribution in [3.63, 3.8) is 0 Å². The molecule has 0 atom stereocenters. The molecule has 0 radical (unpaired) electrons. The van der Waals surface area contributed by atoms with E-state index < -0.39 is 17.6 Å². The molecule has 0 saturated heterocycles. The summed E-state index contributed by atoms with van der Waals surface area (Å²) < 4.78 is 14.1. The lowest BCUT2D eigenvalue weighted by atomic mass is 10.1. The van der Waals surface area contributed by atoms with Crippen LogP contribution >= 0.6 is 0 Å². The Morgan fingerprint density at radius 2 is 1.74 bits per heavy atom. The molecule has 0 bridgehead atoms. The van der Waals surface area contributed by atoms with Crippen molar-refractivity contribution >= 4 is 22.9 Å². The van der Waals surface area contributed by atoms with E-state index in [4.69, 9.17) is 4.42 Å². The Kier molecular flexibility index (Phi) is 3.33. The second kappa shape index (κ2) is 4.93. The summed E-state index contributed by atoms with van der Waals surface area (Å²) >= 11 is 0. The third-order valence-corrected chi connectivity index (χ3v) is 2.57. The van der Waals surface area contributed by atoms with Crippen molar-refractivity contribution in [2.45, 2.75) is 0 Å². The number of rotatable bonds is 2. The Bertz CT molecular complexity index is 713. The summed E-state index contributed by atoms with van der Waals surface area (Å²) in [5.74, 6) is -1.23. The maximum absolute atomic E-state index is 11.6. The average molecular weight is 262 g/mol. The van der Waals surface area contributed by atoms with E-state index in [0.29, 0.717) is 5.39 Å². The van der Waals surface area contributed by atoms with Crippen LogP contribution in [-0.4, -0.2) is 26.2 Å². The lowest BCUT2D eigenvalue weighted by molar-refractivity contribution is 0.0590. The molecule has 1 aromatic heterocycles. The molecule has 2 aromatic rings. The SMILES string of the molecule is COC(=O)c1ccc2oc(=O)cc(C(=O)OC)c2c1. The fourth-order valence-electron chi connectivity index (χ4n) is 1.69. The van der Waals surface area contributed by atoms with Crippen LogP contribution in [0.1, 0.15) is 20.7 Å². The lowest BCUT2D eigenvalue weighted by Gasteiger charge is -2.05.